The normalized spacial score (nSPS) is 34.5. The van der Waals surface area contributed by atoms with Gasteiger partial charge >= 0.3 is 5.97 Å². The van der Waals surface area contributed by atoms with E-state index in [0.717, 1.165) is 0 Å². The molecule has 3 aliphatic heterocycles. The van der Waals surface area contributed by atoms with E-state index in [-0.39, 0.29) is 37.0 Å². The maximum absolute atomic E-state index is 14.0. The van der Waals surface area contributed by atoms with Crippen LogP contribution in [0.15, 0.2) is 25.3 Å². The molecule has 0 aromatic rings. The molecule has 8 nitrogen and oxygen atoms in total. The van der Waals surface area contributed by atoms with Crippen LogP contribution in [0.2, 0.25) is 0 Å². The minimum atomic E-state index is -1.09. The average molecular weight is 463 g/mol. The summed E-state index contributed by atoms with van der Waals surface area (Å²) >= 11 is 0. The number of likely N-dealkylation sites (tertiary alicyclic amines) is 1. The first-order chi connectivity index (χ1) is 15.6. The second kappa shape index (κ2) is 9.58. The van der Waals surface area contributed by atoms with E-state index in [1.54, 1.807) is 15.9 Å². The van der Waals surface area contributed by atoms with Crippen molar-refractivity contribution in [2.45, 2.75) is 70.2 Å². The lowest BCUT2D eigenvalue weighted by Gasteiger charge is -2.38. The van der Waals surface area contributed by atoms with Crippen molar-refractivity contribution in [3.05, 3.63) is 25.3 Å². The monoisotopic (exact) mass is 462 g/mol. The Morgan fingerprint density at radius 3 is 2.61 bits per heavy atom. The van der Waals surface area contributed by atoms with E-state index in [1.165, 1.54) is 6.08 Å². The molecule has 0 aliphatic carbocycles. The van der Waals surface area contributed by atoms with E-state index in [2.05, 4.69) is 13.2 Å². The Labute approximate surface area is 196 Å². The first kappa shape index (κ1) is 25.4. The molecule has 3 unspecified atom stereocenters. The number of aliphatic hydroxyl groups is 1. The zero-order valence-electron chi connectivity index (χ0n) is 20.3. The molecule has 0 aromatic heterocycles. The second-order valence-corrected chi connectivity index (χ2v) is 9.96. The number of fused-ring (bicyclic) bond motifs is 1. The lowest BCUT2D eigenvalue weighted by molar-refractivity contribution is -0.161. The minimum Gasteiger partial charge on any atom is -0.461 e. The fourth-order valence-electron chi connectivity index (χ4n) is 6.09. The van der Waals surface area contributed by atoms with Crippen molar-refractivity contribution < 1.29 is 29.0 Å². The fraction of sp³-hybridized carbons (Fsp3) is 0.720. The molecule has 0 aromatic carbocycles. The molecule has 2 bridgehead atoms. The van der Waals surface area contributed by atoms with E-state index in [4.69, 9.17) is 9.47 Å². The van der Waals surface area contributed by atoms with Gasteiger partial charge in [-0.3, -0.25) is 14.4 Å². The Morgan fingerprint density at radius 1 is 1.33 bits per heavy atom. The minimum absolute atomic E-state index is 0.00586. The van der Waals surface area contributed by atoms with Gasteiger partial charge in [-0.1, -0.05) is 25.7 Å². The highest BCUT2D eigenvalue weighted by Gasteiger charge is 2.80. The molecule has 3 fully saturated rings. The van der Waals surface area contributed by atoms with Gasteiger partial charge in [0.1, 0.15) is 24.2 Å². The van der Waals surface area contributed by atoms with Crippen LogP contribution in [-0.4, -0.2) is 82.3 Å². The SMILES string of the molecule is C=CCOC(=O)[C@H]1[C@H]2C(=O)N(CCCCO)C(C(=O)N(CC=C)C(C)C)C23CC(C)[C@]1(C)O3. The van der Waals surface area contributed by atoms with Crippen LogP contribution in [0.5, 0.6) is 0 Å². The highest BCUT2D eigenvalue weighted by Crippen LogP contribution is 2.65. The average Bonchev–Trinajstić information content (AvgIpc) is 3.27. The summed E-state index contributed by atoms with van der Waals surface area (Å²) in [6.07, 6.45) is 4.75. The summed E-state index contributed by atoms with van der Waals surface area (Å²) < 4.78 is 12.0. The van der Waals surface area contributed by atoms with Crippen molar-refractivity contribution in [2.24, 2.45) is 17.8 Å². The highest BCUT2D eigenvalue weighted by molar-refractivity contribution is 5.98. The number of esters is 1. The Balaban J connectivity index is 2.08. The van der Waals surface area contributed by atoms with Gasteiger partial charge in [-0.15, -0.1) is 6.58 Å². The Kier molecular flexibility index (Phi) is 7.39. The number of hydrogen-bond acceptors (Lipinski definition) is 6. The third-order valence-corrected chi connectivity index (χ3v) is 7.69. The summed E-state index contributed by atoms with van der Waals surface area (Å²) in [5, 5.41) is 9.26. The van der Waals surface area contributed by atoms with Gasteiger partial charge in [-0.25, -0.2) is 0 Å². The van der Waals surface area contributed by atoms with Crippen molar-refractivity contribution in [3.63, 3.8) is 0 Å². The first-order valence-corrected chi connectivity index (χ1v) is 11.9. The summed E-state index contributed by atoms with van der Waals surface area (Å²) in [6.45, 7) is 15.8. The number of ether oxygens (including phenoxy) is 2. The van der Waals surface area contributed by atoms with Crippen LogP contribution >= 0.6 is 0 Å². The van der Waals surface area contributed by atoms with Crippen molar-refractivity contribution in [1.82, 2.24) is 9.80 Å². The number of nitrogens with zero attached hydrogens (tertiary/aromatic N) is 2. The number of unbranched alkanes of at least 4 members (excludes halogenated alkanes) is 1. The van der Waals surface area contributed by atoms with Crippen molar-refractivity contribution in [1.29, 1.82) is 0 Å². The number of carbonyl (C=O) groups is 3. The van der Waals surface area contributed by atoms with Crippen molar-refractivity contribution >= 4 is 17.8 Å². The molecule has 3 saturated heterocycles. The Bertz CT molecular complexity index is 813. The molecular weight excluding hydrogens is 424 g/mol. The third-order valence-electron chi connectivity index (χ3n) is 7.69. The molecule has 1 N–H and O–H groups in total. The van der Waals surface area contributed by atoms with E-state index in [9.17, 15) is 19.5 Å². The second-order valence-electron chi connectivity index (χ2n) is 9.96. The van der Waals surface area contributed by atoms with Gasteiger partial charge in [0.2, 0.25) is 11.8 Å². The molecule has 8 heteroatoms. The molecule has 2 amide bonds. The molecule has 6 atom stereocenters. The molecule has 3 heterocycles. The van der Waals surface area contributed by atoms with Gasteiger partial charge in [0.25, 0.3) is 0 Å². The maximum Gasteiger partial charge on any atom is 0.313 e. The topological polar surface area (TPSA) is 96.4 Å². The highest BCUT2D eigenvalue weighted by atomic mass is 16.6. The van der Waals surface area contributed by atoms with E-state index >= 15 is 0 Å². The molecule has 3 aliphatic rings. The molecule has 1 spiro atoms. The summed E-state index contributed by atoms with van der Waals surface area (Å²) in [7, 11) is 0. The largest absolute Gasteiger partial charge is 0.461 e. The zero-order chi connectivity index (χ0) is 24.6. The summed E-state index contributed by atoms with van der Waals surface area (Å²) in [5.74, 6) is -2.54. The predicted octanol–water partition coefficient (Wildman–Crippen LogP) is 1.92. The number of hydrogen-bond donors (Lipinski definition) is 1. The van der Waals surface area contributed by atoms with Gasteiger partial charge in [-0.2, -0.15) is 0 Å². The number of rotatable bonds is 11. The van der Waals surface area contributed by atoms with Crippen LogP contribution in [0.25, 0.3) is 0 Å². The molecular formula is C25H38N2O6. The summed E-state index contributed by atoms with van der Waals surface area (Å²) in [4.78, 5) is 44.3. The number of aliphatic hydroxyl groups excluding tert-OH is 1. The Morgan fingerprint density at radius 2 is 2.03 bits per heavy atom. The van der Waals surface area contributed by atoms with Gasteiger partial charge in [-0.05, 0) is 46.0 Å². The van der Waals surface area contributed by atoms with Crippen molar-refractivity contribution in [3.8, 4) is 0 Å². The number of carbonyl (C=O) groups excluding carboxylic acids is 3. The van der Waals surface area contributed by atoms with Crippen LogP contribution in [0.3, 0.4) is 0 Å². The smallest absolute Gasteiger partial charge is 0.313 e. The van der Waals surface area contributed by atoms with Crippen LogP contribution in [0.1, 0.15) is 47.0 Å². The molecule has 33 heavy (non-hydrogen) atoms. The van der Waals surface area contributed by atoms with Gasteiger partial charge < -0.3 is 24.4 Å². The maximum atomic E-state index is 14.0. The molecule has 3 rings (SSSR count). The van der Waals surface area contributed by atoms with Crippen LogP contribution in [0.4, 0.5) is 0 Å². The summed E-state index contributed by atoms with van der Waals surface area (Å²) in [6, 6.07) is -0.933. The fourth-order valence-corrected chi connectivity index (χ4v) is 6.09. The molecule has 184 valence electrons. The lowest BCUT2D eigenvalue weighted by Crippen LogP contribution is -2.57. The van der Waals surface area contributed by atoms with Crippen molar-refractivity contribution in [2.75, 3.05) is 26.3 Å². The molecule has 0 radical (unpaired) electrons. The van der Waals surface area contributed by atoms with E-state index in [1.807, 2.05) is 27.7 Å². The van der Waals surface area contributed by atoms with Gasteiger partial charge in [0.05, 0.1) is 11.5 Å². The van der Waals surface area contributed by atoms with Gasteiger partial charge in [0.15, 0.2) is 0 Å². The Hall–Kier alpha value is -2.19. The van der Waals surface area contributed by atoms with E-state index in [0.29, 0.717) is 32.4 Å². The zero-order valence-corrected chi connectivity index (χ0v) is 20.3. The third kappa shape index (κ3) is 3.91. The van der Waals surface area contributed by atoms with Crippen LogP contribution in [-0.2, 0) is 23.9 Å². The summed E-state index contributed by atoms with van der Waals surface area (Å²) in [5.41, 5.74) is -1.98. The van der Waals surface area contributed by atoms with Crippen LogP contribution in [0, 0.1) is 17.8 Å². The van der Waals surface area contributed by atoms with Gasteiger partial charge in [0, 0.05) is 25.7 Å². The predicted molar refractivity (Wildman–Crippen MR) is 123 cm³/mol. The standard InChI is InChI=1S/C25H38N2O6/c1-7-11-26(16(3)4)22(30)20-25-15-17(5)24(6,33-25)19(23(31)32-14-8-2)18(25)21(29)27(20)12-9-10-13-28/h7-8,16-20,28H,1-2,9-15H2,3-6H3/t17?,18-,19+,20?,24-,25?/m0/s1. The first-order valence-electron chi connectivity index (χ1n) is 11.9. The van der Waals surface area contributed by atoms with E-state index < -0.39 is 35.0 Å². The quantitative estimate of drug-likeness (QED) is 0.286. The lowest BCUT2D eigenvalue weighted by atomic mass is 9.62. The molecule has 0 saturated carbocycles. The van der Waals surface area contributed by atoms with Crippen LogP contribution < -0.4 is 0 Å². The number of amides is 2.